The molecule has 2 amide bonds. The number of carbonyl (C=O) groups is 2. The number of amides is 2. The number of benzene rings is 2. The van der Waals surface area contributed by atoms with E-state index in [4.69, 9.17) is 4.74 Å². The number of aryl methyl sites for hydroxylation is 1. The number of para-hydroxylation sites is 1. The zero-order valence-electron chi connectivity index (χ0n) is 20.3. The summed E-state index contributed by atoms with van der Waals surface area (Å²) in [7, 11) is 3.02. The highest BCUT2D eigenvalue weighted by atomic mass is 16.5. The number of urea groups is 1. The van der Waals surface area contributed by atoms with Gasteiger partial charge in [0, 0.05) is 25.7 Å². The Labute approximate surface area is 204 Å². The minimum atomic E-state index is -1.13. The second-order valence-corrected chi connectivity index (χ2v) is 8.60. The molecule has 2 N–H and O–H groups in total. The number of hydrogen-bond acceptors (Lipinski definition) is 5. The molecule has 3 rings (SSSR count). The molecule has 0 spiro atoms. The highest BCUT2D eigenvalue weighted by Gasteiger charge is 2.25. The number of nitrogens with zero attached hydrogens (tertiary/aromatic N) is 3. The maximum absolute atomic E-state index is 13.1. The maximum Gasteiger partial charge on any atom is 0.326 e. The van der Waals surface area contributed by atoms with E-state index in [1.54, 1.807) is 36.2 Å². The van der Waals surface area contributed by atoms with E-state index in [0.29, 0.717) is 34.7 Å². The number of nitrogens with one attached hydrogen (secondary N) is 1. The first kappa shape index (κ1) is 25.5. The molecular weight excluding hydrogens is 448 g/mol. The second kappa shape index (κ2) is 11.3. The van der Waals surface area contributed by atoms with E-state index in [1.165, 1.54) is 18.0 Å². The lowest BCUT2D eigenvalue weighted by molar-refractivity contribution is -0.139. The summed E-state index contributed by atoms with van der Waals surface area (Å²) in [5.41, 5.74) is 2.07. The Morgan fingerprint density at radius 3 is 2.34 bits per heavy atom. The topological polar surface area (TPSA) is 114 Å². The Morgan fingerprint density at radius 2 is 1.77 bits per heavy atom. The standard InChI is InChI=1S/C26H30N4O5/c1-17(2)16-30(20-8-6-5-7-9-20)26(34)28-21(25(32)33)14-18-10-12-19(13-11-18)23-22(35-4)15-27-29(3)24(23)31/h5-13,15,17,21H,14,16H2,1-4H3,(H,28,34)(H,32,33)/t21-/m0/s1. The molecule has 1 atom stereocenters. The lowest BCUT2D eigenvalue weighted by Gasteiger charge is -2.27. The van der Waals surface area contributed by atoms with Crippen molar-refractivity contribution in [1.82, 2.24) is 15.1 Å². The van der Waals surface area contributed by atoms with Gasteiger partial charge in [0.25, 0.3) is 5.56 Å². The minimum Gasteiger partial charge on any atom is -0.494 e. The lowest BCUT2D eigenvalue weighted by atomic mass is 10.0. The molecule has 9 nitrogen and oxygen atoms in total. The first-order valence-electron chi connectivity index (χ1n) is 11.3. The molecular formula is C26H30N4O5. The van der Waals surface area contributed by atoms with E-state index < -0.39 is 18.0 Å². The molecule has 0 saturated carbocycles. The summed E-state index contributed by atoms with van der Waals surface area (Å²) in [6.07, 6.45) is 1.55. The molecule has 0 bridgehead atoms. The lowest BCUT2D eigenvalue weighted by Crippen LogP contribution is -2.50. The normalized spacial score (nSPS) is 11.7. The molecule has 0 radical (unpaired) electrons. The largest absolute Gasteiger partial charge is 0.494 e. The minimum absolute atomic E-state index is 0.0805. The number of aromatic nitrogens is 2. The number of aliphatic carboxylic acids is 1. The van der Waals surface area contributed by atoms with Gasteiger partial charge in [-0.3, -0.25) is 9.69 Å². The van der Waals surface area contributed by atoms with Crippen LogP contribution >= 0.6 is 0 Å². The summed E-state index contributed by atoms with van der Waals surface area (Å²) in [5.74, 6) is -0.595. The third-order valence-electron chi connectivity index (χ3n) is 5.46. The van der Waals surface area contributed by atoms with Crippen LogP contribution in [0.5, 0.6) is 5.75 Å². The average molecular weight is 479 g/mol. The van der Waals surface area contributed by atoms with Gasteiger partial charge in [0.1, 0.15) is 6.04 Å². The SMILES string of the molecule is COc1cnn(C)c(=O)c1-c1ccc(C[C@H](NC(=O)N(CC(C)C)c2ccccc2)C(=O)O)cc1. The number of carboxylic acid groups (broad SMARTS) is 1. The monoisotopic (exact) mass is 478 g/mol. The van der Waals surface area contributed by atoms with Crippen LogP contribution in [0.3, 0.4) is 0 Å². The van der Waals surface area contributed by atoms with E-state index in [9.17, 15) is 19.5 Å². The van der Waals surface area contributed by atoms with Crippen molar-refractivity contribution in [3.8, 4) is 16.9 Å². The molecule has 1 heterocycles. The molecule has 0 aliphatic carbocycles. The maximum atomic E-state index is 13.1. The van der Waals surface area contributed by atoms with Gasteiger partial charge in [-0.1, -0.05) is 56.3 Å². The average Bonchev–Trinajstić information content (AvgIpc) is 2.84. The summed E-state index contributed by atoms with van der Waals surface area (Å²) < 4.78 is 6.51. The van der Waals surface area contributed by atoms with Crippen molar-refractivity contribution in [2.75, 3.05) is 18.6 Å². The molecule has 35 heavy (non-hydrogen) atoms. The van der Waals surface area contributed by atoms with Gasteiger partial charge in [-0.05, 0) is 29.2 Å². The van der Waals surface area contributed by atoms with Gasteiger partial charge < -0.3 is 15.2 Å². The molecule has 1 aromatic heterocycles. The van der Waals surface area contributed by atoms with Crippen molar-refractivity contribution in [2.24, 2.45) is 13.0 Å². The first-order valence-corrected chi connectivity index (χ1v) is 11.3. The highest BCUT2D eigenvalue weighted by Crippen LogP contribution is 2.26. The summed E-state index contributed by atoms with van der Waals surface area (Å²) in [5, 5.41) is 16.4. The Hall–Kier alpha value is -4.14. The molecule has 0 aliphatic heterocycles. The molecule has 184 valence electrons. The van der Waals surface area contributed by atoms with Crippen LogP contribution in [0.2, 0.25) is 0 Å². The van der Waals surface area contributed by atoms with Crippen LogP contribution in [-0.4, -0.2) is 46.6 Å². The van der Waals surface area contributed by atoms with Crippen molar-refractivity contribution < 1.29 is 19.4 Å². The Kier molecular flexibility index (Phi) is 8.25. The van der Waals surface area contributed by atoms with Gasteiger partial charge in [-0.25, -0.2) is 14.3 Å². The van der Waals surface area contributed by atoms with Gasteiger partial charge in [0.05, 0.1) is 18.9 Å². The fourth-order valence-corrected chi connectivity index (χ4v) is 3.69. The smallest absolute Gasteiger partial charge is 0.326 e. The highest BCUT2D eigenvalue weighted by molar-refractivity contribution is 5.94. The Bertz CT molecular complexity index is 1220. The van der Waals surface area contributed by atoms with Crippen molar-refractivity contribution in [3.05, 3.63) is 76.7 Å². The summed E-state index contributed by atoms with van der Waals surface area (Å²) >= 11 is 0. The predicted molar refractivity (Wildman–Crippen MR) is 134 cm³/mol. The number of carbonyl (C=O) groups excluding carboxylic acids is 1. The molecule has 3 aromatic rings. The number of hydrogen-bond donors (Lipinski definition) is 2. The van der Waals surface area contributed by atoms with Gasteiger partial charge in [0.15, 0.2) is 5.75 Å². The van der Waals surface area contributed by atoms with E-state index in [-0.39, 0.29) is 17.9 Å². The fourth-order valence-electron chi connectivity index (χ4n) is 3.69. The van der Waals surface area contributed by atoms with Crippen molar-refractivity contribution in [2.45, 2.75) is 26.3 Å². The summed E-state index contributed by atoms with van der Waals surface area (Å²) in [4.78, 5) is 39.2. The molecule has 0 saturated heterocycles. The summed E-state index contributed by atoms with van der Waals surface area (Å²) in [6.45, 7) is 4.43. The Morgan fingerprint density at radius 1 is 1.11 bits per heavy atom. The number of carboxylic acids is 1. The predicted octanol–water partition coefficient (Wildman–Crippen LogP) is 3.32. The van der Waals surface area contributed by atoms with Crippen molar-refractivity contribution >= 4 is 17.7 Å². The summed E-state index contributed by atoms with van der Waals surface area (Å²) in [6, 6.07) is 14.5. The third kappa shape index (κ3) is 6.26. The van der Waals surface area contributed by atoms with Gasteiger partial charge in [-0.2, -0.15) is 5.10 Å². The number of rotatable bonds is 9. The first-order chi connectivity index (χ1) is 16.7. The number of methoxy groups -OCH3 is 1. The van der Waals surface area contributed by atoms with E-state index >= 15 is 0 Å². The number of anilines is 1. The van der Waals surface area contributed by atoms with Crippen molar-refractivity contribution in [1.29, 1.82) is 0 Å². The van der Waals surface area contributed by atoms with Crippen LogP contribution in [0.25, 0.3) is 11.1 Å². The molecule has 2 aromatic carbocycles. The molecule has 0 unspecified atom stereocenters. The number of ether oxygens (including phenoxy) is 1. The third-order valence-corrected chi connectivity index (χ3v) is 5.46. The fraction of sp³-hybridized carbons (Fsp3) is 0.308. The van der Waals surface area contributed by atoms with Crippen molar-refractivity contribution in [3.63, 3.8) is 0 Å². The molecule has 9 heteroatoms. The van der Waals surface area contributed by atoms with Gasteiger partial charge in [-0.15, -0.1) is 0 Å². The van der Waals surface area contributed by atoms with Crippen LogP contribution in [0, 0.1) is 5.92 Å². The molecule has 0 fully saturated rings. The van der Waals surface area contributed by atoms with Crippen LogP contribution in [0.15, 0.2) is 65.6 Å². The molecule has 0 aliphatic rings. The Balaban J connectivity index is 1.80. The second-order valence-electron chi connectivity index (χ2n) is 8.60. The van der Waals surface area contributed by atoms with Crippen LogP contribution < -0.4 is 20.5 Å². The zero-order chi connectivity index (χ0) is 25.5. The van der Waals surface area contributed by atoms with Crippen LogP contribution in [0.4, 0.5) is 10.5 Å². The van der Waals surface area contributed by atoms with E-state index in [1.807, 2.05) is 44.2 Å². The van der Waals surface area contributed by atoms with E-state index in [2.05, 4.69) is 10.4 Å². The van der Waals surface area contributed by atoms with Gasteiger partial charge in [0.2, 0.25) is 0 Å². The van der Waals surface area contributed by atoms with Crippen LogP contribution in [0.1, 0.15) is 19.4 Å². The zero-order valence-corrected chi connectivity index (χ0v) is 20.3. The van der Waals surface area contributed by atoms with Gasteiger partial charge >= 0.3 is 12.0 Å². The van der Waals surface area contributed by atoms with E-state index in [0.717, 1.165) is 0 Å². The quantitative estimate of drug-likeness (QED) is 0.488. The van der Waals surface area contributed by atoms with Crippen LogP contribution in [-0.2, 0) is 18.3 Å².